The molecule has 2 aliphatic rings. The molecular weight excluding hydrogens is 340 g/mol. The van der Waals surface area contributed by atoms with Crippen molar-refractivity contribution < 1.29 is 9.59 Å². The van der Waals surface area contributed by atoms with Gasteiger partial charge in [0, 0.05) is 17.7 Å². The highest BCUT2D eigenvalue weighted by Gasteiger charge is 2.56. The number of aromatic nitrogens is 2. The number of aryl methyl sites for hydroxylation is 1. The van der Waals surface area contributed by atoms with E-state index in [0.29, 0.717) is 12.4 Å². The Bertz CT molecular complexity index is 1090. The number of amides is 2. The van der Waals surface area contributed by atoms with E-state index in [9.17, 15) is 9.59 Å². The number of hydrogen-bond acceptors (Lipinski definition) is 3. The molecule has 0 saturated heterocycles. The fraction of sp³-hybridized carbons (Fsp3) is 0.190. The molecule has 0 bridgehead atoms. The van der Waals surface area contributed by atoms with E-state index in [0.717, 1.165) is 27.9 Å². The van der Waals surface area contributed by atoms with Crippen LogP contribution in [0.15, 0.2) is 54.7 Å². The van der Waals surface area contributed by atoms with Gasteiger partial charge in [0.25, 0.3) is 0 Å². The summed E-state index contributed by atoms with van der Waals surface area (Å²) in [5.74, 6) is 0.240. The van der Waals surface area contributed by atoms with Crippen LogP contribution in [0.5, 0.6) is 0 Å². The molecule has 1 aromatic heterocycles. The third-order valence-corrected chi connectivity index (χ3v) is 5.64. The average Bonchev–Trinajstić information content (AvgIpc) is 3.22. The van der Waals surface area contributed by atoms with Crippen molar-refractivity contribution in [1.29, 1.82) is 0 Å². The summed E-state index contributed by atoms with van der Waals surface area (Å²) in [6.45, 7) is 2.51. The van der Waals surface area contributed by atoms with Gasteiger partial charge >= 0.3 is 0 Å². The van der Waals surface area contributed by atoms with Crippen molar-refractivity contribution >= 4 is 23.3 Å². The van der Waals surface area contributed by atoms with E-state index in [1.807, 2.05) is 55.5 Å². The molecule has 2 aliphatic heterocycles. The first-order valence-electron chi connectivity index (χ1n) is 8.91. The predicted molar refractivity (Wildman–Crippen MR) is 101 cm³/mol. The molecule has 2 N–H and O–H groups in total. The summed E-state index contributed by atoms with van der Waals surface area (Å²) < 4.78 is 0. The Morgan fingerprint density at radius 3 is 2.70 bits per heavy atom. The first-order chi connectivity index (χ1) is 13.1. The lowest BCUT2D eigenvalue weighted by Gasteiger charge is -2.32. The fourth-order valence-corrected chi connectivity index (χ4v) is 4.30. The summed E-state index contributed by atoms with van der Waals surface area (Å²) in [7, 11) is 0. The van der Waals surface area contributed by atoms with E-state index < -0.39 is 5.41 Å². The molecule has 0 aliphatic carbocycles. The van der Waals surface area contributed by atoms with E-state index in [2.05, 4.69) is 15.5 Å². The Morgan fingerprint density at radius 1 is 1.07 bits per heavy atom. The first-order valence-corrected chi connectivity index (χ1v) is 8.91. The van der Waals surface area contributed by atoms with E-state index in [-0.39, 0.29) is 18.2 Å². The summed E-state index contributed by atoms with van der Waals surface area (Å²) in [5, 5.41) is 9.68. The Balaban J connectivity index is 1.69. The second-order valence-corrected chi connectivity index (χ2v) is 7.12. The van der Waals surface area contributed by atoms with Crippen molar-refractivity contribution in [3.8, 4) is 0 Å². The standard InChI is InChI=1S/C21H18N4O2/c1-13-6-2-3-7-14(13)12-25-17-9-5-4-8-15(17)21(20(25)27)10-18(26)23-19-16(21)11-22-24-19/h2-9,11H,10,12H2,1H3,(H2,22,23,24,26)/t21-/m1/s1. The van der Waals surface area contributed by atoms with E-state index in [4.69, 9.17) is 0 Å². The molecule has 3 heterocycles. The smallest absolute Gasteiger partial charge is 0.243 e. The SMILES string of the molecule is Cc1ccccc1CN1C(=O)[C@]2(CC(=O)Nc3[nH]ncc32)c2ccccc21. The number of hydrogen-bond donors (Lipinski definition) is 2. The maximum atomic E-state index is 13.8. The summed E-state index contributed by atoms with van der Waals surface area (Å²) >= 11 is 0. The molecule has 1 atom stereocenters. The van der Waals surface area contributed by atoms with Crippen molar-refractivity contribution in [2.75, 3.05) is 10.2 Å². The van der Waals surface area contributed by atoms with E-state index in [1.165, 1.54) is 0 Å². The zero-order chi connectivity index (χ0) is 18.6. The number of para-hydroxylation sites is 1. The molecule has 2 amide bonds. The minimum atomic E-state index is -1.02. The zero-order valence-electron chi connectivity index (χ0n) is 14.8. The van der Waals surface area contributed by atoms with E-state index >= 15 is 0 Å². The average molecular weight is 358 g/mol. The lowest BCUT2D eigenvalue weighted by atomic mass is 9.72. The number of carbonyl (C=O) groups is 2. The topological polar surface area (TPSA) is 78.1 Å². The molecule has 6 nitrogen and oxygen atoms in total. The molecule has 0 fully saturated rings. The van der Waals surface area contributed by atoms with Crippen LogP contribution in [0.3, 0.4) is 0 Å². The van der Waals surface area contributed by atoms with Crippen LogP contribution in [0.2, 0.25) is 0 Å². The normalized spacial score (nSPS) is 20.6. The Hall–Kier alpha value is -3.41. The lowest BCUT2D eigenvalue weighted by Crippen LogP contribution is -2.46. The molecule has 27 heavy (non-hydrogen) atoms. The van der Waals surface area contributed by atoms with Crippen LogP contribution in [0.25, 0.3) is 0 Å². The second kappa shape index (κ2) is 5.54. The zero-order valence-corrected chi connectivity index (χ0v) is 14.8. The maximum Gasteiger partial charge on any atom is 0.243 e. The van der Waals surface area contributed by atoms with Crippen LogP contribution in [-0.2, 0) is 21.5 Å². The van der Waals surface area contributed by atoms with Gasteiger partial charge in [-0.2, -0.15) is 5.10 Å². The van der Waals surface area contributed by atoms with Crippen LogP contribution in [-0.4, -0.2) is 22.0 Å². The monoisotopic (exact) mass is 358 g/mol. The van der Waals surface area contributed by atoms with Gasteiger partial charge in [-0.3, -0.25) is 14.7 Å². The van der Waals surface area contributed by atoms with Crippen LogP contribution < -0.4 is 10.2 Å². The number of nitrogens with zero attached hydrogens (tertiary/aromatic N) is 2. The van der Waals surface area contributed by atoms with Gasteiger partial charge in [0.1, 0.15) is 11.2 Å². The Morgan fingerprint density at radius 2 is 1.85 bits per heavy atom. The molecule has 0 radical (unpaired) electrons. The molecule has 2 aromatic carbocycles. The quantitative estimate of drug-likeness (QED) is 0.739. The van der Waals surface area contributed by atoms with Gasteiger partial charge in [-0.25, -0.2) is 0 Å². The van der Waals surface area contributed by atoms with Crippen molar-refractivity contribution in [1.82, 2.24) is 10.2 Å². The number of carbonyl (C=O) groups excluding carboxylic acids is 2. The molecular formula is C21H18N4O2. The van der Waals surface area contributed by atoms with Gasteiger partial charge in [0.05, 0.1) is 12.7 Å². The van der Waals surface area contributed by atoms with Gasteiger partial charge in [0.15, 0.2) is 0 Å². The fourth-order valence-electron chi connectivity index (χ4n) is 4.30. The van der Waals surface area contributed by atoms with Gasteiger partial charge in [0.2, 0.25) is 11.8 Å². The van der Waals surface area contributed by atoms with Crippen LogP contribution in [0, 0.1) is 6.92 Å². The minimum absolute atomic E-state index is 0.0792. The van der Waals surface area contributed by atoms with Crippen molar-refractivity contribution in [3.63, 3.8) is 0 Å². The molecule has 5 rings (SSSR count). The number of rotatable bonds is 2. The van der Waals surface area contributed by atoms with Gasteiger partial charge in [-0.15, -0.1) is 0 Å². The third-order valence-electron chi connectivity index (χ3n) is 5.64. The van der Waals surface area contributed by atoms with E-state index in [1.54, 1.807) is 11.1 Å². The summed E-state index contributed by atoms with van der Waals surface area (Å²) in [6, 6.07) is 15.8. The summed E-state index contributed by atoms with van der Waals surface area (Å²) in [5.41, 5.74) is 3.64. The number of aromatic amines is 1. The first kappa shape index (κ1) is 15.8. The van der Waals surface area contributed by atoms with Crippen molar-refractivity contribution in [2.45, 2.75) is 25.3 Å². The largest absolute Gasteiger partial charge is 0.311 e. The highest BCUT2D eigenvalue weighted by Crippen LogP contribution is 2.51. The lowest BCUT2D eigenvalue weighted by molar-refractivity contribution is -0.126. The van der Waals surface area contributed by atoms with Crippen LogP contribution in [0.4, 0.5) is 11.5 Å². The minimum Gasteiger partial charge on any atom is -0.311 e. The highest BCUT2D eigenvalue weighted by atomic mass is 16.2. The predicted octanol–water partition coefficient (Wildman–Crippen LogP) is 2.89. The van der Waals surface area contributed by atoms with Crippen LogP contribution in [0.1, 0.15) is 28.7 Å². The molecule has 134 valence electrons. The molecule has 0 saturated carbocycles. The number of nitrogens with one attached hydrogen (secondary N) is 2. The number of H-pyrrole nitrogens is 1. The summed E-state index contributed by atoms with van der Waals surface area (Å²) in [6.07, 6.45) is 1.74. The second-order valence-electron chi connectivity index (χ2n) is 7.12. The number of benzene rings is 2. The Labute approximate surface area is 156 Å². The third kappa shape index (κ3) is 2.10. The summed E-state index contributed by atoms with van der Waals surface area (Å²) in [4.78, 5) is 28.0. The number of anilines is 2. The molecule has 1 spiro atoms. The van der Waals surface area contributed by atoms with Crippen molar-refractivity contribution in [2.24, 2.45) is 0 Å². The van der Waals surface area contributed by atoms with Gasteiger partial charge in [-0.1, -0.05) is 42.5 Å². The number of fused-ring (bicyclic) bond motifs is 4. The van der Waals surface area contributed by atoms with Gasteiger partial charge < -0.3 is 10.2 Å². The highest BCUT2D eigenvalue weighted by molar-refractivity contribution is 6.15. The Kier molecular flexibility index (Phi) is 3.25. The molecule has 6 heteroatoms. The van der Waals surface area contributed by atoms with Gasteiger partial charge in [-0.05, 0) is 29.7 Å². The maximum absolute atomic E-state index is 13.8. The van der Waals surface area contributed by atoms with Crippen molar-refractivity contribution in [3.05, 3.63) is 77.0 Å². The van der Waals surface area contributed by atoms with Crippen LogP contribution >= 0.6 is 0 Å². The molecule has 0 unspecified atom stereocenters. The molecule has 3 aromatic rings.